The maximum Gasteiger partial charge on any atom is 0.244 e. The van der Waals surface area contributed by atoms with Crippen LogP contribution < -0.4 is 19.1 Å². The van der Waals surface area contributed by atoms with Crippen molar-refractivity contribution < 1.29 is 27.5 Å². The van der Waals surface area contributed by atoms with E-state index in [-0.39, 0.29) is 19.0 Å². The molecule has 0 aliphatic carbocycles. The second-order valence-electron chi connectivity index (χ2n) is 9.44. The van der Waals surface area contributed by atoms with Gasteiger partial charge in [-0.05, 0) is 52.0 Å². The molecule has 3 rings (SSSR count). The maximum absolute atomic E-state index is 13.6. The summed E-state index contributed by atoms with van der Waals surface area (Å²) < 4.78 is 37.0. The monoisotopic (exact) mass is 557 g/mol. The minimum atomic E-state index is -3.89. The molecule has 2 aromatic carbocycles. The number of hydrogen-bond acceptors (Lipinski definition) is 6. The number of hydrogen-bond donors (Lipinski definition) is 1. The number of benzene rings is 2. The summed E-state index contributed by atoms with van der Waals surface area (Å²) in [6.45, 7) is 6.38. The Balaban J connectivity index is 1.97. The lowest BCUT2D eigenvalue weighted by molar-refractivity contribution is -0.140. The Morgan fingerprint density at radius 2 is 1.69 bits per heavy atom. The quantitative estimate of drug-likeness (QED) is 0.528. The van der Waals surface area contributed by atoms with E-state index in [1.807, 2.05) is 20.8 Å². The smallest absolute Gasteiger partial charge is 0.244 e. The van der Waals surface area contributed by atoms with Gasteiger partial charge in [-0.1, -0.05) is 29.3 Å². The Labute approximate surface area is 221 Å². The average molecular weight is 558 g/mol. The molecule has 1 aliphatic heterocycles. The second kappa shape index (κ2) is 10.7. The van der Waals surface area contributed by atoms with Crippen LogP contribution in [0, 0.1) is 0 Å². The third-order valence-corrected chi connectivity index (χ3v) is 7.23. The first kappa shape index (κ1) is 27.9. The molecule has 1 atom stereocenters. The Morgan fingerprint density at radius 3 is 2.28 bits per heavy atom. The summed E-state index contributed by atoms with van der Waals surface area (Å²) in [5.74, 6) is -0.189. The largest absolute Gasteiger partial charge is 0.454 e. The fourth-order valence-corrected chi connectivity index (χ4v) is 4.92. The number of carbonyl (C=O) groups excluding carboxylic acids is 2. The molecular weight excluding hydrogens is 529 g/mol. The number of nitrogens with zero attached hydrogens (tertiary/aromatic N) is 2. The second-order valence-corrected chi connectivity index (χ2v) is 12.2. The van der Waals surface area contributed by atoms with Gasteiger partial charge >= 0.3 is 0 Å². The molecular formula is C24H29Cl2N3O6S. The third kappa shape index (κ3) is 6.74. The van der Waals surface area contributed by atoms with Gasteiger partial charge in [-0.25, -0.2) is 8.42 Å². The summed E-state index contributed by atoms with van der Waals surface area (Å²) in [7, 11) is -3.89. The van der Waals surface area contributed by atoms with Crippen molar-refractivity contribution >= 4 is 50.7 Å². The van der Waals surface area contributed by atoms with Gasteiger partial charge in [-0.3, -0.25) is 13.9 Å². The molecule has 0 fully saturated rings. The minimum absolute atomic E-state index is 0.0172. The summed E-state index contributed by atoms with van der Waals surface area (Å²) in [6, 6.07) is 8.54. The maximum atomic E-state index is 13.6. The predicted octanol–water partition coefficient (Wildman–Crippen LogP) is 3.82. The molecule has 0 saturated heterocycles. The molecule has 0 bridgehead atoms. The highest BCUT2D eigenvalue weighted by atomic mass is 35.5. The summed E-state index contributed by atoms with van der Waals surface area (Å²) in [6.07, 6.45) is 0.996. The number of carbonyl (C=O) groups is 2. The first-order valence-corrected chi connectivity index (χ1v) is 13.7. The fraction of sp³-hybridized carbons (Fsp3) is 0.417. The van der Waals surface area contributed by atoms with Gasteiger partial charge in [-0.15, -0.1) is 0 Å². The topological polar surface area (TPSA) is 105 Å². The average Bonchev–Trinajstić information content (AvgIpc) is 3.22. The molecule has 0 spiro atoms. The van der Waals surface area contributed by atoms with Crippen molar-refractivity contribution in [3.63, 3.8) is 0 Å². The van der Waals surface area contributed by atoms with Crippen molar-refractivity contribution in [2.75, 3.05) is 23.9 Å². The van der Waals surface area contributed by atoms with Crippen LogP contribution in [0.4, 0.5) is 5.69 Å². The lowest BCUT2D eigenvalue weighted by atomic mass is 10.1. The third-order valence-electron chi connectivity index (χ3n) is 5.38. The summed E-state index contributed by atoms with van der Waals surface area (Å²) >= 11 is 12.7. The Morgan fingerprint density at radius 1 is 1.08 bits per heavy atom. The van der Waals surface area contributed by atoms with Crippen LogP contribution in [0.25, 0.3) is 0 Å². The van der Waals surface area contributed by atoms with Gasteiger partial charge in [0.1, 0.15) is 12.6 Å². The lowest BCUT2D eigenvalue weighted by Crippen LogP contribution is -2.54. The lowest BCUT2D eigenvalue weighted by Gasteiger charge is -2.33. The van der Waals surface area contributed by atoms with E-state index >= 15 is 0 Å². The van der Waals surface area contributed by atoms with Crippen molar-refractivity contribution in [2.45, 2.75) is 45.8 Å². The summed E-state index contributed by atoms with van der Waals surface area (Å²) in [5.41, 5.74) is 0.115. The van der Waals surface area contributed by atoms with E-state index in [1.165, 1.54) is 17.0 Å². The number of sulfonamides is 1. The highest BCUT2D eigenvalue weighted by Gasteiger charge is 2.32. The van der Waals surface area contributed by atoms with Gasteiger partial charge in [0.15, 0.2) is 11.5 Å². The number of rotatable bonds is 8. The zero-order valence-corrected chi connectivity index (χ0v) is 23.0. The van der Waals surface area contributed by atoms with Crippen molar-refractivity contribution in [2.24, 2.45) is 0 Å². The van der Waals surface area contributed by atoms with Gasteiger partial charge in [0, 0.05) is 33.8 Å². The molecule has 0 unspecified atom stereocenters. The first-order valence-electron chi connectivity index (χ1n) is 11.1. The number of halogens is 2. The molecule has 1 heterocycles. The number of fused-ring (bicyclic) bond motifs is 1. The summed E-state index contributed by atoms with van der Waals surface area (Å²) in [4.78, 5) is 27.9. The van der Waals surface area contributed by atoms with Crippen LogP contribution in [0.5, 0.6) is 11.5 Å². The Hall–Kier alpha value is -2.69. The molecule has 196 valence electrons. The van der Waals surface area contributed by atoms with E-state index in [1.54, 1.807) is 31.2 Å². The van der Waals surface area contributed by atoms with E-state index in [2.05, 4.69) is 5.32 Å². The van der Waals surface area contributed by atoms with Gasteiger partial charge in [0.25, 0.3) is 0 Å². The molecule has 12 heteroatoms. The SMILES string of the molecule is C[C@@H](C(=O)NC(C)(C)C)N(Cc1c(Cl)cccc1Cl)C(=O)CN(c1ccc2c(c1)OCO2)S(C)(=O)=O. The highest BCUT2D eigenvalue weighted by molar-refractivity contribution is 7.92. The number of nitrogens with one attached hydrogen (secondary N) is 1. The van der Waals surface area contributed by atoms with Gasteiger partial charge < -0.3 is 19.7 Å². The van der Waals surface area contributed by atoms with E-state index in [0.717, 1.165) is 10.6 Å². The number of amides is 2. The Kier molecular flexibility index (Phi) is 8.32. The van der Waals surface area contributed by atoms with Gasteiger partial charge in [0.05, 0.1) is 11.9 Å². The molecule has 2 aromatic rings. The molecule has 2 amide bonds. The van der Waals surface area contributed by atoms with Gasteiger partial charge in [0.2, 0.25) is 28.6 Å². The van der Waals surface area contributed by atoms with Crippen LogP contribution in [0.2, 0.25) is 10.0 Å². The van der Waals surface area contributed by atoms with Gasteiger partial charge in [-0.2, -0.15) is 0 Å². The van der Waals surface area contributed by atoms with Crippen LogP contribution >= 0.6 is 23.2 Å². The molecule has 9 nitrogen and oxygen atoms in total. The zero-order chi connectivity index (χ0) is 26.8. The molecule has 0 radical (unpaired) electrons. The van der Waals surface area contributed by atoms with Crippen molar-refractivity contribution in [3.8, 4) is 11.5 Å². The van der Waals surface area contributed by atoms with Crippen LogP contribution in [0.3, 0.4) is 0 Å². The van der Waals surface area contributed by atoms with E-state index in [4.69, 9.17) is 32.7 Å². The minimum Gasteiger partial charge on any atom is -0.454 e. The fourth-order valence-electron chi connectivity index (χ4n) is 3.56. The standard InChI is InChI=1S/C24H29Cl2N3O6S/c1-15(23(31)27-24(2,3)4)28(12-17-18(25)7-6-8-19(17)26)22(30)13-29(36(5,32)33)16-9-10-20-21(11-16)35-14-34-20/h6-11,15H,12-14H2,1-5H3,(H,27,31)/t15-/m0/s1. The van der Waals surface area contributed by atoms with E-state index < -0.39 is 40.0 Å². The Bertz CT molecular complexity index is 1240. The normalized spacial score (nSPS) is 13.8. The van der Waals surface area contributed by atoms with Crippen molar-refractivity contribution in [1.82, 2.24) is 10.2 Å². The van der Waals surface area contributed by atoms with Crippen molar-refractivity contribution in [3.05, 3.63) is 52.0 Å². The van der Waals surface area contributed by atoms with E-state index in [0.29, 0.717) is 27.1 Å². The molecule has 1 aliphatic rings. The molecule has 0 saturated carbocycles. The van der Waals surface area contributed by atoms with Crippen molar-refractivity contribution in [1.29, 1.82) is 0 Å². The van der Waals surface area contributed by atoms with Crippen LogP contribution in [0.1, 0.15) is 33.3 Å². The summed E-state index contributed by atoms with van der Waals surface area (Å²) in [5, 5.41) is 3.49. The number of ether oxygens (including phenoxy) is 2. The predicted molar refractivity (Wildman–Crippen MR) is 139 cm³/mol. The zero-order valence-electron chi connectivity index (χ0n) is 20.7. The highest BCUT2D eigenvalue weighted by Crippen LogP contribution is 2.36. The molecule has 0 aromatic heterocycles. The molecule has 1 N–H and O–H groups in total. The van der Waals surface area contributed by atoms with Crippen LogP contribution in [0.15, 0.2) is 36.4 Å². The van der Waals surface area contributed by atoms with Crippen LogP contribution in [-0.2, 0) is 26.2 Å². The molecule has 36 heavy (non-hydrogen) atoms. The van der Waals surface area contributed by atoms with Crippen LogP contribution in [-0.4, -0.2) is 56.3 Å². The first-order chi connectivity index (χ1) is 16.7. The van der Waals surface area contributed by atoms with E-state index in [9.17, 15) is 18.0 Å². The number of anilines is 1.